The van der Waals surface area contributed by atoms with Crippen molar-refractivity contribution < 1.29 is 4.79 Å². The SMILES string of the molecule is Cc1ccc(Cc2cnc(NC(=O)C(C)C(C)N)s2)cc1Cl.Cl. The number of rotatable bonds is 5. The van der Waals surface area contributed by atoms with E-state index in [4.69, 9.17) is 17.3 Å². The van der Waals surface area contributed by atoms with Gasteiger partial charge in [0.05, 0.1) is 5.92 Å². The number of anilines is 1. The first-order valence-corrected chi connectivity index (χ1v) is 8.32. The van der Waals surface area contributed by atoms with E-state index in [1.807, 2.05) is 32.9 Å². The lowest BCUT2D eigenvalue weighted by Crippen LogP contribution is -2.34. The Morgan fingerprint density at radius 1 is 1.43 bits per heavy atom. The molecule has 0 aliphatic heterocycles. The predicted molar refractivity (Wildman–Crippen MR) is 99.8 cm³/mol. The van der Waals surface area contributed by atoms with Gasteiger partial charge in [-0.05, 0) is 31.0 Å². The molecular weight excluding hydrogens is 353 g/mol. The summed E-state index contributed by atoms with van der Waals surface area (Å²) < 4.78 is 0. The van der Waals surface area contributed by atoms with E-state index in [0.717, 1.165) is 27.4 Å². The average Bonchev–Trinajstić information content (AvgIpc) is 2.89. The van der Waals surface area contributed by atoms with Gasteiger partial charge in [-0.1, -0.05) is 30.7 Å². The van der Waals surface area contributed by atoms with Gasteiger partial charge in [-0.15, -0.1) is 23.7 Å². The summed E-state index contributed by atoms with van der Waals surface area (Å²) in [6, 6.07) is 5.84. The van der Waals surface area contributed by atoms with Gasteiger partial charge in [-0.2, -0.15) is 0 Å². The van der Waals surface area contributed by atoms with Crippen LogP contribution in [0.4, 0.5) is 5.13 Å². The Labute approximate surface area is 151 Å². The van der Waals surface area contributed by atoms with Crippen molar-refractivity contribution in [2.24, 2.45) is 11.7 Å². The second-order valence-electron chi connectivity index (χ2n) is 5.53. The molecule has 0 radical (unpaired) electrons. The van der Waals surface area contributed by atoms with Crippen LogP contribution in [-0.4, -0.2) is 16.9 Å². The highest BCUT2D eigenvalue weighted by molar-refractivity contribution is 7.15. The van der Waals surface area contributed by atoms with E-state index in [1.165, 1.54) is 11.3 Å². The molecule has 3 N–H and O–H groups in total. The first-order chi connectivity index (χ1) is 10.4. The highest BCUT2D eigenvalue weighted by Gasteiger charge is 2.18. The Bertz CT molecular complexity index is 673. The van der Waals surface area contributed by atoms with Crippen molar-refractivity contribution in [3.05, 3.63) is 45.4 Å². The average molecular weight is 374 g/mol. The Morgan fingerprint density at radius 3 is 2.74 bits per heavy atom. The number of carbonyl (C=O) groups excluding carboxylic acids is 1. The normalized spacial score (nSPS) is 13.1. The van der Waals surface area contributed by atoms with E-state index in [-0.39, 0.29) is 30.3 Å². The minimum atomic E-state index is -0.247. The fourth-order valence-electron chi connectivity index (χ4n) is 1.85. The van der Waals surface area contributed by atoms with E-state index >= 15 is 0 Å². The van der Waals surface area contributed by atoms with E-state index in [9.17, 15) is 4.79 Å². The van der Waals surface area contributed by atoms with Gasteiger partial charge >= 0.3 is 0 Å². The quantitative estimate of drug-likeness (QED) is 0.830. The van der Waals surface area contributed by atoms with Gasteiger partial charge in [0.25, 0.3) is 0 Å². The molecule has 4 nitrogen and oxygen atoms in total. The van der Waals surface area contributed by atoms with Crippen LogP contribution in [0.1, 0.15) is 29.9 Å². The standard InChI is InChI=1S/C16H20ClN3OS.ClH/c1-9-4-5-12(7-14(9)17)6-13-8-19-16(22-13)20-15(21)10(2)11(3)18;/h4-5,7-8,10-11H,6,18H2,1-3H3,(H,19,20,21);1H. The number of thiazole rings is 1. The minimum absolute atomic E-state index is 0. The zero-order valence-corrected chi connectivity index (χ0v) is 15.7. The summed E-state index contributed by atoms with van der Waals surface area (Å²) >= 11 is 7.61. The maximum atomic E-state index is 12.0. The molecule has 126 valence electrons. The van der Waals surface area contributed by atoms with Crippen molar-refractivity contribution in [3.63, 3.8) is 0 Å². The van der Waals surface area contributed by atoms with Gasteiger partial charge in [0.15, 0.2) is 5.13 Å². The van der Waals surface area contributed by atoms with Crippen LogP contribution in [0.25, 0.3) is 0 Å². The zero-order valence-electron chi connectivity index (χ0n) is 13.3. The third-order valence-electron chi connectivity index (χ3n) is 3.60. The summed E-state index contributed by atoms with van der Waals surface area (Å²) in [5.41, 5.74) is 7.92. The number of hydrogen-bond donors (Lipinski definition) is 2. The van der Waals surface area contributed by atoms with Crippen LogP contribution in [0.5, 0.6) is 0 Å². The van der Waals surface area contributed by atoms with E-state index < -0.39 is 0 Å². The van der Waals surface area contributed by atoms with Gasteiger partial charge in [0.1, 0.15) is 0 Å². The zero-order chi connectivity index (χ0) is 16.3. The molecule has 2 unspecified atom stereocenters. The van der Waals surface area contributed by atoms with E-state index in [0.29, 0.717) is 5.13 Å². The molecule has 1 aromatic carbocycles. The van der Waals surface area contributed by atoms with Gasteiger partial charge in [-0.25, -0.2) is 4.98 Å². The predicted octanol–water partition coefficient (Wildman–Crippen LogP) is 4.04. The molecule has 2 rings (SSSR count). The molecule has 2 atom stereocenters. The van der Waals surface area contributed by atoms with Gasteiger partial charge in [-0.3, -0.25) is 4.79 Å². The molecular formula is C16H21Cl2N3OS. The number of aromatic nitrogens is 1. The molecule has 23 heavy (non-hydrogen) atoms. The summed E-state index contributed by atoms with van der Waals surface area (Å²) in [5.74, 6) is -0.350. The van der Waals surface area contributed by atoms with Crippen molar-refractivity contribution in [3.8, 4) is 0 Å². The fraction of sp³-hybridized carbons (Fsp3) is 0.375. The molecule has 0 spiro atoms. The lowest BCUT2D eigenvalue weighted by atomic mass is 10.0. The van der Waals surface area contributed by atoms with Gasteiger partial charge in [0.2, 0.25) is 5.91 Å². The largest absolute Gasteiger partial charge is 0.327 e. The number of hydrogen-bond acceptors (Lipinski definition) is 4. The third-order valence-corrected chi connectivity index (χ3v) is 4.92. The Hall–Kier alpha value is -1.14. The summed E-state index contributed by atoms with van der Waals surface area (Å²) in [6.07, 6.45) is 2.53. The molecule has 2 aromatic rings. The van der Waals surface area contributed by atoms with Crippen LogP contribution in [0, 0.1) is 12.8 Å². The second kappa shape index (κ2) is 8.64. The van der Waals surface area contributed by atoms with Crippen LogP contribution in [-0.2, 0) is 11.2 Å². The number of amides is 1. The number of aryl methyl sites for hydroxylation is 1. The van der Waals surface area contributed by atoms with Crippen LogP contribution in [0.2, 0.25) is 5.02 Å². The topological polar surface area (TPSA) is 68.0 Å². The summed E-state index contributed by atoms with van der Waals surface area (Å²) in [5, 5.41) is 4.18. The van der Waals surface area contributed by atoms with Gasteiger partial charge < -0.3 is 11.1 Å². The maximum absolute atomic E-state index is 12.0. The number of halogens is 2. The van der Waals surface area contributed by atoms with Crippen LogP contribution < -0.4 is 11.1 Å². The molecule has 0 bridgehead atoms. The number of nitrogens with two attached hydrogens (primary N) is 1. The molecule has 0 saturated carbocycles. The number of benzene rings is 1. The summed E-state index contributed by atoms with van der Waals surface area (Å²) in [7, 11) is 0. The minimum Gasteiger partial charge on any atom is -0.327 e. The molecule has 1 heterocycles. The maximum Gasteiger partial charge on any atom is 0.230 e. The van der Waals surface area contributed by atoms with Crippen molar-refractivity contribution in [1.29, 1.82) is 0 Å². The van der Waals surface area contributed by atoms with Gasteiger partial charge in [0, 0.05) is 28.6 Å². The molecule has 1 amide bonds. The van der Waals surface area contributed by atoms with Crippen LogP contribution in [0.3, 0.4) is 0 Å². The van der Waals surface area contributed by atoms with Crippen LogP contribution in [0.15, 0.2) is 24.4 Å². The summed E-state index contributed by atoms with van der Waals surface area (Å²) in [6.45, 7) is 5.60. The Kier molecular flexibility index (Phi) is 7.48. The van der Waals surface area contributed by atoms with E-state index in [1.54, 1.807) is 6.20 Å². The van der Waals surface area contributed by atoms with Crippen molar-refractivity contribution in [2.75, 3.05) is 5.32 Å². The monoisotopic (exact) mass is 373 g/mol. The second-order valence-corrected chi connectivity index (χ2v) is 7.05. The molecule has 0 aliphatic carbocycles. The van der Waals surface area contributed by atoms with Crippen molar-refractivity contribution in [2.45, 2.75) is 33.2 Å². The highest BCUT2D eigenvalue weighted by Crippen LogP contribution is 2.24. The lowest BCUT2D eigenvalue weighted by Gasteiger charge is -2.13. The number of nitrogens with one attached hydrogen (secondary N) is 1. The summed E-state index contributed by atoms with van der Waals surface area (Å²) in [4.78, 5) is 17.3. The Morgan fingerprint density at radius 2 is 2.13 bits per heavy atom. The van der Waals surface area contributed by atoms with Crippen molar-refractivity contribution in [1.82, 2.24) is 4.98 Å². The first kappa shape index (κ1) is 19.9. The van der Waals surface area contributed by atoms with Crippen molar-refractivity contribution >= 4 is 46.4 Å². The highest BCUT2D eigenvalue weighted by atomic mass is 35.5. The lowest BCUT2D eigenvalue weighted by molar-refractivity contribution is -0.119. The van der Waals surface area contributed by atoms with E-state index in [2.05, 4.69) is 16.4 Å². The first-order valence-electron chi connectivity index (χ1n) is 7.13. The third kappa shape index (κ3) is 5.46. The molecule has 0 fully saturated rings. The molecule has 1 aromatic heterocycles. The molecule has 0 aliphatic rings. The number of nitrogens with zero attached hydrogens (tertiary/aromatic N) is 1. The fourth-order valence-corrected chi connectivity index (χ4v) is 2.91. The molecule has 0 saturated heterocycles. The Balaban J connectivity index is 0.00000264. The molecule has 7 heteroatoms. The van der Waals surface area contributed by atoms with Crippen LogP contribution >= 0.6 is 35.3 Å². The smallest absolute Gasteiger partial charge is 0.230 e. The number of carbonyl (C=O) groups is 1.